The average molecular weight is 327 g/mol. The molecule has 2 aromatic rings. The third kappa shape index (κ3) is 4.18. The molecule has 0 spiro atoms. The highest BCUT2D eigenvalue weighted by Crippen LogP contribution is 2.21. The van der Waals surface area contributed by atoms with Crippen molar-refractivity contribution in [2.75, 3.05) is 12.0 Å². The number of ether oxygens (including phenoxy) is 1. The third-order valence-electron chi connectivity index (χ3n) is 2.74. The molecule has 0 saturated carbocycles. The van der Waals surface area contributed by atoms with Gasteiger partial charge in [0.05, 0.1) is 12.8 Å². The molecule has 0 aliphatic heterocycles. The van der Waals surface area contributed by atoms with E-state index < -0.39 is 29.2 Å². The first-order valence-electron chi connectivity index (χ1n) is 6.74. The maximum atomic E-state index is 13.3. The summed E-state index contributed by atoms with van der Waals surface area (Å²) in [6, 6.07) is 6.72. The Kier molecular flexibility index (Phi) is 5.51. The Hall–Kier alpha value is -2.64. The van der Waals surface area contributed by atoms with Gasteiger partial charge in [-0.3, -0.25) is 5.43 Å². The van der Waals surface area contributed by atoms with Crippen LogP contribution in [0.3, 0.4) is 0 Å². The zero-order valence-corrected chi connectivity index (χ0v) is 12.1. The number of hydrogen-bond acceptors (Lipinski definition) is 4. The second-order valence-corrected chi connectivity index (χ2v) is 4.48. The van der Waals surface area contributed by atoms with Crippen molar-refractivity contribution < 1.29 is 22.3 Å². The number of halogens is 4. The Morgan fingerprint density at radius 1 is 1.09 bits per heavy atom. The van der Waals surface area contributed by atoms with Crippen molar-refractivity contribution in [1.29, 1.82) is 0 Å². The van der Waals surface area contributed by atoms with E-state index in [1.165, 1.54) is 6.21 Å². The van der Waals surface area contributed by atoms with Crippen LogP contribution in [0.15, 0.2) is 29.4 Å². The standard InChI is InChI=1S/C15H13F4N3O/c1-2-7-23-10-5-3-9(4-6-10)8-20-22-13-11(16)14(18)21-15(19)12(13)17/h3-6,8H,2,7H2,1H3,(H,21,22)/b20-8-. The van der Waals surface area contributed by atoms with E-state index in [2.05, 4.69) is 10.1 Å². The lowest BCUT2D eigenvalue weighted by atomic mass is 10.2. The summed E-state index contributed by atoms with van der Waals surface area (Å²) in [5.41, 5.74) is 1.48. The van der Waals surface area contributed by atoms with Crippen molar-refractivity contribution in [3.63, 3.8) is 0 Å². The SMILES string of the molecule is CCCOc1ccc(/C=N\Nc2c(F)c(F)nc(F)c2F)cc1. The van der Waals surface area contributed by atoms with E-state index in [0.717, 1.165) is 6.42 Å². The molecule has 1 N–H and O–H groups in total. The van der Waals surface area contributed by atoms with Gasteiger partial charge in [0.25, 0.3) is 11.9 Å². The number of anilines is 1. The van der Waals surface area contributed by atoms with Gasteiger partial charge in [-0.05, 0) is 36.2 Å². The molecule has 0 aliphatic rings. The molecule has 2 rings (SSSR count). The number of hydrogen-bond donors (Lipinski definition) is 1. The van der Waals surface area contributed by atoms with Crippen LogP contribution in [0.1, 0.15) is 18.9 Å². The van der Waals surface area contributed by atoms with Crippen molar-refractivity contribution in [3.8, 4) is 5.75 Å². The summed E-state index contributed by atoms with van der Waals surface area (Å²) in [5.74, 6) is -6.13. The molecule has 0 bridgehead atoms. The molecule has 0 unspecified atom stereocenters. The summed E-state index contributed by atoms with van der Waals surface area (Å²) in [5, 5.41) is 3.55. The lowest BCUT2D eigenvalue weighted by Gasteiger charge is -2.05. The van der Waals surface area contributed by atoms with Crippen LogP contribution in [-0.4, -0.2) is 17.8 Å². The van der Waals surface area contributed by atoms with Gasteiger partial charge in [0, 0.05) is 0 Å². The predicted molar refractivity (Wildman–Crippen MR) is 77.5 cm³/mol. The molecule has 122 valence electrons. The molecule has 8 heteroatoms. The third-order valence-corrected chi connectivity index (χ3v) is 2.74. The first-order chi connectivity index (χ1) is 11.0. The fourth-order valence-corrected chi connectivity index (χ4v) is 1.63. The van der Waals surface area contributed by atoms with Gasteiger partial charge in [0.15, 0.2) is 0 Å². The number of aromatic nitrogens is 1. The Morgan fingerprint density at radius 3 is 2.26 bits per heavy atom. The normalized spacial score (nSPS) is 11.0. The molecule has 0 radical (unpaired) electrons. The summed E-state index contributed by atoms with van der Waals surface area (Å²) >= 11 is 0. The van der Waals surface area contributed by atoms with Gasteiger partial charge in [-0.1, -0.05) is 6.92 Å². The van der Waals surface area contributed by atoms with Crippen LogP contribution in [-0.2, 0) is 0 Å². The second-order valence-electron chi connectivity index (χ2n) is 4.48. The molecule has 1 aromatic heterocycles. The van der Waals surface area contributed by atoms with Crippen LogP contribution in [0.2, 0.25) is 0 Å². The topological polar surface area (TPSA) is 46.5 Å². The van der Waals surface area contributed by atoms with Gasteiger partial charge >= 0.3 is 0 Å². The highest BCUT2D eigenvalue weighted by molar-refractivity contribution is 5.80. The Morgan fingerprint density at radius 2 is 1.70 bits per heavy atom. The first kappa shape index (κ1) is 16.7. The molecule has 1 aromatic carbocycles. The molecular weight excluding hydrogens is 314 g/mol. The summed E-state index contributed by atoms with van der Waals surface area (Å²) in [6.07, 6.45) is 2.11. The quantitative estimate of drug-likeness (QED) is 0.379. The van der Waals surface area contributed by atoms with E-state index in [0.29, 0.717) is 17.9 Å². The van der Waals surface area contributed by atoms with Crippen molar-refractivity contribution >= 4 is 11.9 Å². The fourth-order valence-electron chi connectivity index (χ4n) is 1.63. The molecule has 23 heavy (non-hydrogen) atoms. The Labute approximate surface area is 129 Å². The first-order valence-corrected chi connectivity index (χ1v) is 6.74. The van der Waals surface area contributed by atoms with Gasteiger partial charge in [-0.2, -0.15) is 27.6 Å². The molecule has 4 nitrogen and oxygen atoms in total. The van der Waals surface area contributed by atoms with Gasteiger partial charge < -0.3 is 4.74 Å². The van der Waals surface area contributed by atoms with E-state index in [1.807, 2.05) is 12.3 Å². The van der Waals surface area contributed by atoms with Gasteiger partial charge in [0.1, 0.15) is 11.4 Å². The maximum Gasteiger partial charge on any atom is 0.254 e. The number of benzene rings is 1. The number of hydrazone groups is 1. The molecule has 0 amide bonds. The van der Waals surface area contributed by atoms with Gasteiger partial charge in [-0.25, -0.2) is 0 Å². The van der Waals surface area contributed by atoms with Crippen LogP contribution in [0.4, 0.5) is 23.2 Å². The number of pyridine rings is 1. The maximum absolute atomic E-state index is 13.3. The van der Waals surface area contributed by atoms with Crippen LogP contribution in [0, 0.1) is 23.5 Å². The average Bonchev–Trinajstić information content (AvgIpc) is 2.55. The predicted octanol–water partition coefficient (Wildman–Crippen LogP) is 3.87. The number of rotatable bonds is 6. The van der Waals surface area contributed by atoms with Gasteiger partial charge in [-0.15, -0.1) is 0 Å². The van der Waals surface area contributed by atoms with Crippen LogP contribution in [0.25, 0.3) is 0 Å². The molecule has 1 heterocycles. The Bertz CT molecular complexity index is 679. The lowest BCUT2D eigenvalue weighted by molar-refractivity contribution is 0.317. The smallest absolute Gasteiger partial charge is 0.254 e. The van der Waals surface area contributed by atoms with Crippen molar-refractivity contribution in [1.82, 2.24) is 4.98 Å². The van der Waals surface area contributed by atoms with Crippen molar-refractivity contribution in [2.24, 2.45) is 5.10 Å². The van der Waals surface area contributed by atoms with Crippen LogP contribution >= 0.6 is 0 Å². The molecule has 0 aliphatic carbocycles. The minimum Gasteiger partial charge on any atom is -0.494 e. The van der Waals surface area contributed by atoms with Crippen molar-refractivity contribution in [2.45, 2.75) is 13.3 Å². The van der Waals surface area contributed by atoms with Crippen LogP contribution in [0.5, 0.6) is 5.75 Å². The van der Waals surface area contributed by atoms with Gasteiger partial charge in [0.2, 0.25) is 11.6 Å². The van der Waals surface area contributed by atoms with Crippen molar-refractivity contribution in [3.05, 3.63) is 53.4 Å². The van der Waals surface area contributed by atoms with E-state index in [9.17, 15) is 17.6 Å². The molecule has 0 atom stereocenters. The number of nitrogens with zero attached hydrogens (tertiary/aromatic N) is 2. The summed E-state index contributed by atoms with van der Waals surface area (Å²) in [4.78, 5) is 2.44. The number of nitrogens with one attached hydrogen (secondary N) is 1. The summed E-state index contributed by atoms with van der Waals surface area (Å²) < 4.78 is 57.9. The lowest BCUT2D eigenvalue weighted by Crippen LogP contribution is -2.05. The zero-order valence-electron chi connectivity index (χ0n) is 12.1. The van der Waals surface area contributed by atoms with E-state index in [4.69, 9.17) is 4.74 Å². The highest BCUT2D eigenvalue weighted by atomic mass is 19.2. The molecule has 0 saturated heterocycles. The van der Waals surface area contributed by atoms with Crippen LogP contribution < -0.4 is 10.2 Å². The molecule has 0 fully saturated rings. The van der Waals surface area contributed by atoms with E-state index in [-0.39, 0.29) is 0 Å². The monoisotopic (exact) mass is 327 g/mol. The largest absolute Gasteiger partial charge is 0.494 e. The minimum absolute atomic E-state index is 0.590. The highest BCUT2D eigenvalue weighted by Gasteiger charge is 2.20. The van der Waals surface area contributed by atoms with E-state index in [1.54, 1.807) is 24.3 Å². The summed E-state index contributed by atoms with van der Waals surface area (Å²) in [7, 11) is 0. The minimum atomic E-state index is -1.75. The fraction of sp³-hybridized carbons (Fsp3) is 0.200. The second kappa shape index (κ2) is 7.57. The molecular formula is C15H13F4N3O. The van der Waals surface area contributed by atoms with E-state index >= 15 is 0 Å². The summed E-state index contributed by atoms with van der Waals surface area (Å²) in [6.45, 7) is 2.57. The Balaban J connectivity index is 2.07. The zero-order chi connectivity index (χ0) is 16.8.